The van der Waals surface area contributed by atoms with Crippen LogP contribution in [0.3, 0.4) is 0 Å². The molecular weight excluding hydrogens is 449 g/mol. The molecule has 5 rings (SSSR count). The van der Waals surface area contributed by atoms with Crippen LogP contribution in [0.2, 0.25) is 0 Å². The lowest BCUT2D eigenvalue weighted by Gasteiger charge is -2.26. The third kappa shape index (κ3) is 4.12. The van der Waals surface area contributed by atoms with E-state index in [1.54, 1.807) is 6.20 Å². The molecule has 0 saturated carbocycles. The summed E-state index contributed by atoms with van der Waals surface area (Å²) >= 11 is 1.28. The molecule has 0 bridgehead atoms. The molecule has 0 aliphatic carbocycles. The minimum atomic E-state index is -1.13. The van der Waals surface area contributed by atoms with Crippen molar-refractivity contribution in [3.63, 3.8) is 0 Å². The summed E-state index contributed by atoms with van der Waals surface area (Å²) in [7, 11) is 0. The van der Waals surface area contributed by atoms with Crippen molar-refractivity contribution in [2.75, 3.05) is 29.4 Å². The van der Waals surface area contributed by atoms with Crippen LogP contribution in [0.1, 0.15) is 21.8 Å². The van der Waals surface area contributed by atoms with Crippen LogP contribution < -0.4 is 20.3 Å². The fourth-order valence-electron chi connectivity index (χ4n) is 4.00. The number of halogens is 1. The summed E-state index contributed by atoms with van der Waals surface area (Å²) in [5, 5.41) is 10.4. The van der Waals surface area contributed by atoms with E-state index in [1.165, 1.54) is 28.4 Å². The molecule has 0 radical (unpaired) electrons. The topological polar surface area (TPSA) is 122 Å². The second-order valence-electron chi connectivity index (χ2n) is 7.83. The standard InChI is InChI=1S/C22H20FN5O4S/c23-15-3-2-13(9-17(15)32-22(24)31)28-8-6-16-19(21(28)30)33-20(26-16)12-1-4-18(25-10-12)27-7-5-14(29)11-27/h1-4,9-10,14,29H,5-8,11H2,(H2,24,31). The van der Waals surface area contributed by atoms with Gasteiger partial charge in [-0.3, -0.25) is 4.79 Å². The average molecular weight is 469 g/mol. The molecule has 4 heterocycles. The highest BCUT2D eigenvalue weighted by molar-refractivity contribution is 7.17. The summed E-state index contributed by atoms with van der Waals surface area (Å²) < 4.78 is 18.6. The van der Waals surface area contributed by atoms with Gasteiger partial charge >= 0.3 is 6.09 Å². The van der Waals surface area contributed by atoms with Crippen LogP contribution in [-0.2, 0) is 6.42 Å². The van der Waals surface area contributed by atoms with Crippen molar-refractivity contribution in [2.24, 2.45) is 5.73 Å². The van der Waals surface area contributed by atoms with Crippen molar-refractivity contribution in [1.29, 1.82) is 0 Å². The molecule has 0 spiro atoms. The van der Waals surface area contributed by atoms with Gasteiger partial charge < -0.3 is 25.4 Å². The van der Waals surface area contributed by atoms with E-state index < -0.39 is 11.9 Å². The minimum Gasteiger partial charge on any atom is -0.407 e. The molecule has 1 saturated heterocycles. The van der Waals surface area contributed by atoms with E-state index in [1.807, 2.05) is 17.0 Å². The van der Waals surface area contributed by atoms with Gasteiger partial charge in [-0.15, -0.1) is 11.3 Å². The summed E-state index contributed by atoms with van der Waals surface area (Å²) in [6, 6.07) is 7.66. The van der Waals surface area contributed by atoms with Gasteiger partial charge in [-0.05, 0) is 30.7 Å². The predicted octanol–water partition coefficient (Wildman–Crippen LogP) is 2.58. The van der Waals surface area contributed by atoms with Crippen molar-refractivity contribution < 1.29 is 23.8 Å². The molecule has 9 nitrogen and oxygen atoms in total. The molecule has 1 atom stereocenters. The summed E-state index contributed by atoms with van der Waals surface area (Å²) in [6.45, 7) is 1.68. The van der Waals surface area contributed by atoms with Crippen molar-refractivity contribution >= 4 is 34.8 Å². The van der Waals surface area contributed by atoms with Gasteiger partial charge in [0.25, 0.3) is 5.91 Å². The first kappa shape index (κ1) is 21.3. The van der Waals surface area contributed by atoms with Crippen LogP contribution in [0.5, 0.6) is 5.75 Å². The van der Waals surface area contributed by atoms with Crippen molar-refractivity contribution in [1.82, 2.24) is 9.97 Å². The minimum absolute atomic E-state index is 0.257. The number of anilines is 2. The largest absolute Gasteiger partial charge is 0.410 e. The van der Waals surface area contributed by atoms with Gasteiger partial charge in [0.1, 0.15) is 15.7 Å². The van der Waals surface area contributed by atoms with E-state index in [9.17, 15) is 19.1 Å². The van der Waals surface area contributed by atoms with Crippen LogP contribution in [0, 0.1) is 5.82 Å². The van der Waals surface area contributed by atoms with Crippen molar-refractivity contribution in [3.8, 4) is 16.3 Å². The number of rotatable bonds is 4. The smallest absolute Gasteiger partial charge is 0.407 e. The number of nitrogens with zero attached hydrogens (tertiary/aromatic N) is 4. The maximum Gasteiger partial charge on any atom is 0.410 e. The maximum absolute atomic E-state index is 13.9. The number of fused-ring (bicyclic) bond motifs is 1. The van der Waals surface area contributed by atoms with Crippen LogP contribution in [0.25, 0.3) is 10.6 Å². The molecule has 2 amide bonds. The number of aliphatic hydroxyl groups is 1. The number of nitrogens with two attached hydrogens (primary N) is 1. The Morgan fingerprint density at radius 1 is 1.27 bits per heavy atom. The fourth-order valence-corrected chi connectivity index (χ4v) is 5.05. The number of amides is 2. The Labute approximate surface area is 192 Å². The van der Waals surface area contributed by atoms with E-state index in [0.29, 0.717) is 40.8 Å². The van der Waals surface area contributed by atoms with E-state index in [2.05, 4.69) is 14.7 Å². The Morgan fingerprint density at radius 3 is 2.82 bits per heavy atom. The number of pyridine rings is 1. The summed E-state index contributed by atoms with van der Waals surface area (Å²) in [5.41, 5.74) is 6.90. The molecule has 2 aliphatic rings. The summed E-state index contributed by atoms with van der Waals surface area (Å²) in [4.78, 5) is 37.3. The number of β-amino-alcohol motifs (C(OH)–C–C–N with tert-alkyl or cyclic N) is 1. The van der Waals surface area contributed by atoms with Gasteiger partial charge in [0.05, 0.1) is 11.8 Å². The van der Waals surface area contributed by atoms with E-state index in [0.717, 1.165) is 30.4 Å². The van der Waals surface area contributed by atoms with E-state index in [4.69, 9.17) is 5.73 Å². The Hall–Kier alpha value is -3.57. The summed E-state index contributed by atoms with van der Waals surface area (Å²) in [6.07, 6.45) is 1.51. The Morgan fingerprint density at radius 2 is 2.12 bits per heavy atom. The average Bonchev–Trinajstić information content (AvgIpc) is 3.42. The van der Waals surface area contributed by atoms with Gasteiger partial charge in [0.15, 0.2) is 11.6 Å². The Balaban J connectivity index is 1.38. The second-order valence-corrected chi connectivity index (χ2v) is 8.83. The number of carbonyl (C=O) groups excluding carboxylic acids is 2. The number of thiazole rings is 1. The van der Waals surface area contributed by atoms with Crippen LogP contribution in [0.4, 0.5) is 20.7 Å². The van der Waals surface area contributed by atoms with Crippen LogP contribution >= 0.6 is 11.3 Å². The zero-order chi connectivity index (χ0) is 23.1. The monoisotopic (exact) mass is 469 g/mol. The number of hydrogen-bond acceptors (Lipinski definition) is 8. The summed E-state index contributed by atoms with van der Waals surface area (Å²) in [5.74, 6) is -0.543. The maximum atomic E-state index is 13.9. The van der Waals surface area contributed by atoms with Gasteiger partial charge in [0, 0.05) is 49.6 Å². The van der Waals surface area contributed by atoms with Crippen molar-refractivity contribution in [2.45, 2.75) is 18.9 Å². The van der Waals surface area contributed by atoms with E-state index >= 15 is 0 Å². The molecular formula is C22H20FN5O4S. The third-order valence-electron chi connectivity index (χ3n) is 5.63. The molecule has 1 unspecified atom stereocenters. The number of aliphatic hydroxyl groups excluding tert-OH is 1. The number of carbonyl (C=O) groups is 2. The van der Waals surface area contributed by atoms with Gasteiger partial charge in [-0.2, -0.15) is 0 Å². The number of hydrogen-bond donors (Lipinski definition) is 2. The SMILES string of the molecule is NC(=O)Oc1cc(N2CCc3nc(-c4ccc(N5CCC(O)C5)nc4)sc3C2=O)ccc1F. The first-order valence-electron chi connectivity index (χ1n) is 10.4. The van der Waals surface area contributed by atoms with Gasteiger partial charge in [-0.25, -0.2) is 19.2 Å². The second kappa shape index (κ2) is 8.41. The molecule has 3 N–H and O–H groups in total. The fraction of sp³-hybridized carbons (Fsp3) is 0.273. The van der Waals surface area contributed by atoms with Gasteiger partial charge in [0.2, 0.25) is 0 Å². The van der Waals surface area contributed by atoms with Crippen molar-refractivity contribution in [3.05, 3.63) is 52.9 Å². The number of aromatic nitrogens is 2. The first-order valence-corrected chi connectivity index (χ1v) is 11.2. The molecule has 33 heavy (non-hydrogen) atoms. The molecule has 1 fully saturated rings. The molecule has 1 aromatic carbocycles. The zero-order valence-corrected chi connectivity index (χ0v) is 18.2. The molecule has 2 aromatic heterocycles. The Bertz CT molecular complexity index is 1230. The quantitative estimate of drug-likeness (QED) is 0.602. The highest BCUT2D eigenvalue weighted by atomic mass is 32.1. The number of primary amides is 1. The van der Waals surface area contributed by atoms with Crippen LogP contribution in [-0.4, -0.2) is 52.8 Å². The highest BCUT2D eigenvalue weighted by Gasteiger charge is 2.30. The first-order chi connectivity index (χ1) is 15.9. The van der Waals surface area contributed by atoms with Crippen LogP contribution in [0.15, 0.2) is 36.5 Å². The predicted molar refractivity (Wildman–Crippen MR) is 120 cm³/mol. The lowest BCUT2D eigenvalue weighted by molar-refractivity contribution is 0.0984. The molecule has 3 aromatic rings. The highest BCUT2D eigenvalue weighted by Crippen LogP contribution is 2.35. The molecule has 2 aliphatic heterocycles. The third-order valence-corrected chi connectivity index (χ3v) is 6.76. The molecule has 11 heteroatoms. The number of ether oxygens (including phenoxy) is 1. The number of benzene rings is 1. The van der Waals surface area contributed by atoms with E-state index in [-0.39, 0.29) is 17.8 Å². The lowest BCUT2D eigenvalue weighted by atomic mass is 10.1. The van der Waals surface area contributed by atoms with Gasteiger partial charge in [-0.1, -0.05) is 0 Å². The Kier molecular flexibility index (Phi) is 5.43. The molecule has 170 valence electrons. The lowest BCUT2D eigenvalue weighted by Crippen LogP contribution is -2.37. The zero-order valence-electron chi connectivity index (χ0n) is 17.4. The normalized spacial score (nSPS) is 17.9.